The number of hydrogen-bond donors (Lipinski definition) is 2. The van der Waals surface area contributed by atoms with Gasteiger partial charge >= 0.3 is 6.18 Å². The number of anilines is 1. The molecule has 0 amide bonds. The Morgan fingerprint density at radius 2 is 1.90 bits per heavy atom. The first-order valence-electron chi connectivity index (χ1n) is 6.36. The molecule has 0 radical (unpaired) electrons. The molecule has 0 aliphatic rings. The zero-order valence-electron chi connectivity index (χ0n) is 11.8. The van der Waals surface area contributed by atoms with Gasteiger partial charge in [0, 0.05) is 16.8 Å². The number of nitrogens with one attached hydrogen (secondary N) is 1. The Kier molecular flexibility index (Phi) is 5.02. The van der Waals surface area contributed by atoms with Crippen molar-refractivity contribution in [1.29, 1.82) is 0 Å². The van der Waals surface area contributed by atoms with E-state index in [1.54, 1.807) is 6.07 Å². The van der Waals surface area contributed by atoms with Crippen LogP contribution in [0.2, 0.25) is 0 Å². The summed E-state index contributed by atoms with van der Waals surface area (Å²) < 4.78 is 39.1. The second-order valence-electron chi connectivity index (χ2n) is 5.38. The van der Waals surface area contributed by atoms with Gasteiger partial charge in [-0.05, 0) is 38.5 Å². The Morgan fingerprint density at radius 1 is 1.30 bits per heavy atom. The van der Waals surface area contributed by atoms with E-state index in [0.717, 1.165) is 18.9 Å². The largest absolute Gasteiger partial charge is 0.417 e. The highest BCUT2D eigenvalue weighted by atomic mass is 32.1. The number of benzene rings is 1. The van der Waals surface area contributed by atoms with Crippen LogP contribution in [0.5, 0.6) is 0 Å². The van der Waals surface area contributed by atoms with Gasteiger partial charge in [-0.1, -0.05) is 25.6 Å². The van der Waals surface area contributed by atoms with E-state index >= 15 is 0 Å². The summed E-state index contributed by atoms with van der Waals surface area (Å²) >= 11 is 4.67. The van der Waals surface area contributed by atoms with Crippen molar-refractivity contribution in [3.63, 3.8) is 0 Å². The van der Waals surface area contributed by atoms with E-state index in [4.69, 9.17) is 5.73 Å². The summed E-state index contributed by atoms with van der Waals surface area (Å²) in [6.45, 7) is 5.93. The molecule has 6 heteroatoms. The van der Waals surface area contributed by atoms with E-state index in [0.29, 0.717) is 5.69 Å². The Balaban J connectivity index is 3.17. The highest BCUT2D eigenvalue weighted by Gasteiger charge is 2.34. The van der Waals surface area contributed by atoms with Crippen LogP contribution in [-0.2, 0) is 6.18 Å². The number of hydrogen-bond acceptors (Lipinski definition) is 2. The smallest absolute Gasteiger partial charge is 0.389 e. The van der Waals surface area contributed by atoms with Crippen LogP contribution in [0.25, 0.3) is 0 Å². The van der Waals surface area contributed by atoms with Crippen molar-refractivity contribution in [2.75, 3.05) is 5.32 Å². The zero-order valence-corrected chi connectivity index (χ0v) is 12.6. The molecule has 1 rings (SSSR count). The van der Waals surface area contributed by atoms with E-state index < -0.39 is 11.7 Å². The van der Waals surface area contributed by atoms with Crippen molar-refractivity contribution >= 4 is 22.9 Å². The van der Waals surface area contributed by atoms with Crippen LogP contribution in [0.15, 0.2) is 18.2 Å². The minimum Gasteiger partial charge on any atom is -0.389 e. The van der Waals surface area contributed by atoms with Gasteiger partial charge in [0.15, 0.2) is 0 Å². The second-order valence-corrected chi connectivity index (χ2v) is 5.82. The maximum absolute atomic E-state index is 13.0. The molecule has 2 nitrogen and oxygen atoms in total. The average molecular weight is 304 g/mol. The molecule has 0 aliphatic heterocycles. The Morgan fingerprint density at radius 3 is 2.35 bits per heavy atom. The Labute approximate surface area is 122 Å². The SMILES string of the molecule is CCCC(C)(C)Nc1ccc(C(N)=S)c(C(F)(F)F)c1. The van der Waals surface area contributed by atoms with Gasteiger partial charge in [0.05, 0.1) is 5.56 Å². The third kappa shape index (κ3) is 4.37. The highest BCUT2D eigenvalue weighted by Crippen LogP contribution is 2.34. The van der Waals surface area contributed by atoms with Gasteiger partial charge in [0.1, 0.15) is 4.99 Å². The van der Waals surface area contributed by atoms with Crippen molar-refractivity contribution in [2.24, 2.45) is 5.73 Å². The van der Waals surface area contributed by atoms with Gasteiger partial charge in [-0.2, -0.15) is 13.2 Å². The van der Waals surface area contributed by atoms with Gasteiger partial charge in [-0.3, -0.25) is 0 Å². The van der Waals surface area contributed by atoms with Crippen LogP contribution in [0, 0.1) is 0 Å². The van der Waals surface area contributed by atoms with Crippen LogP contribution in [0.1, 0.15) is 44.7 Å². The van der Waals surface area contributed by atoms with Gasteiger partial charge in [-0.15, -0.1) is 0 Å². The molecule has 0 bridgehead atoms. The fraction of sp³-hybridized carbons (Fsp3) is 0.500. The van der Waals surface area contributed by atoms with E-state index in [2.05, 4.69) is 17.5 Å². The Bertz CT molecular complexity index is 496. The molecule has 0 fully saturated rings. The van der Waals surface area contributed by atoms with Crippen molar-refractivity contribution < 1.29 is 13.2 Å². The molecule has 0 saturated carbocycles. The van der Waals surface area contributed by atoms with Crippen LogP contribution >= 0.6 is 12.2 Å². The molecule has 0 saturated heterocycles. The quantitative estimate of drug-likeness (QED) is 0.795. The van der Waals surface area contributed by atoms with Gasteiger partial charge in [0.2, 0.25) is 0 Å². The van der Waals surface area contributed by atoms with Gasteiger partial charge in [0.25, 0.3) is 0 Å². The molecule has 0 aromatic heterocycles. The number of nitrogens with two attached hydrogens (primary N) is 1. The fourth-order valence-corrected chi connectivity index (χ4v) is 2.33. The summed E-state index contributed by atoms with van der Waals surface area (Å²) in [5.41, 5.74) is 4.53. The molecular weight excluding hydrogens is 285 g/mol. The number of halogens is 3. The lowest BCUT2D eigenvalue weighted by Crippen LogP contribution is -2.30. The molecule has 20 heavy (non-hydrogen) atoms. The molecular formula is C14H19F3N2S. The van der Waals surface area contributed by atoms with Crippen LogP contribution in [0.4, 0.5) is 18.9 Å². The molecule has 0 heterocycles. The maximum Gasteiger partial charge on any atom is 0.417 e. The lowest BCUT2D eigenvalue weighted by atomic mass is 9.97. The number of alkyl halides is 3. The predicted octanol–water partition coefficient (Wildman–Crippen LogP) is 4.33. The lowest BCUT2D eigenvalue weighted by molar-refractivity contribution is -0.137. The first-order valence-corrected chi connectivity index (χ1v) is 6.77. The zero-order chi connectivity index (χ0) is 15.6. The summed E-state index contributed by atoms with van der Waals surface area (Å²) in [5, 5.41) is 3.11. The first kappa shape index (κ1) is 16.8. The van der Waals surface area contributed by atoms with E-state index in [1.807, 2.05) is 20.8 Å². The molecule has 0 atom stereocenters. The van der Waals surface area contributed by atoms with E-state index in [1.165, 1.54) is 6.07 Å². The monoisotopic (exact) mass is 304 g/mol. The van der Waals surface area contributed by atoms with E-state index in [9.17, 15) is 13.2 Å². The summed E-state index contributed by atoms with van der Waals surface area (Å²) in [4.78, 5) is -0.253. The lowest BCUT2D eigenvalue weighted by Gasteiger charge is -2.28. The molecule has 3 N–H and O–H groups in total. The topological polar surface area (TPSA) is 38.0 Å². The third-order valence-corrected chi connectivity index (χ3v) is 3.17. The molecule has 0 unspecified atom stereocenters. The molecule has 0 spiro atoms. The van der Waals surface area contributed by atoms with E-state index in [-0.39, 0.29) is 16.1 Å². The molecule has 0 aliphatic carbocycles. The van der Waals surface area contributed by atoms with Crippen LogP contribution in [0.3, 0.4) is 0 Å². The molecule has 1 aromatic rings. The summed E-state index contributed by atoms with van der Waals surface area (Å²) in [6.07, 6.45) is -2.69. The van der Waals surface area contributed by atoms with Crippen LogP contribution < -0.4 is 11.1 Å². The summed E-state index contributed by atoms with van der Waals surface area (Å²) in [5.74, 6) is 0. The minimum absolute atomic E-state index is 0.147. The van der Waals surface area contributed by atoms with Crippen molar-refractivity contribution in [3.8, 4) is 0 Å². The molecule has 1 aromatic carbocycles. The first-order chi connectivity index (χ1) is 9.07. The van der Waals surface area contributed by atoms with Crippen molar-refractivity contribution in [2.45, 2.75) is 45.3 Å². The van der Waals surface area contributed by atoms with Crippen molar-refractivity contribution in [1.82, 2.24) is 0 Å². The summed E-state index contributed by atoms with van der Waals surface area (Å²) in [7, 11) is 0. The normalized spacial score (nSPS) is 12.3. The fourth-order valence-electron chi connectivity index (χ4n) is 2.15. The van der Waals surface area contributed by atoms with Crippen LogP contribution in [-0.4, -0.2) is 10.5 Å². The highest BCUT2D eigenvalue weighted by molar-refractivity contribution is 7.80. The maximum atomic E-state index is 13.0. The number of rotatable bonds is 5. The predicted molar refractivity (Wildman–Crippen MR) is 79.9 cm³/mol. The minimum atomic E-state index is -4.48. The second kappa shape index (κ2) is 5.99. The average Bonchev–Trinajstić information content (AvgIpc) is 2.26. The van der Waals surface area contributed by atoms with Gasteiger partial charge in [-0.25, -0.2) is 0 Å². The number of thiocarbonyl (C=S) groups is 1. The standard InChI is InChI=1S/C14H19F3N2S/c1-4-7-13(2,3)19-9-5-6-10(12(18)20)11(8-9)14(15,16)17/h5-6,8,19H,4,7H2,1-3H3,(H2,18,20). The van der Waals surface area contributed by atoms with Crippen molar-refractivity contribution in [3.05, 3.63) is 29.3 Å². The third-order valence-electron chi connectivity index (χ3n) is 2.95. The Hall–Kier alpha value is -1.30. The summed E-state index contributed by atoms with van der Waals surface area (Å²) in [6, 6.07) is 3.95. The van der Waals surface area contributed by atoms with Gasteiger partial charge < -0.3 is 11.1 Å². The molecule has 112 valence electrons.